The van der Waals surface area contributed by atoms with Crippen LogP contribution in [0.15, 0.2) is 59.8 Å². The second-order valence-electron chi connectivity index (χ2n) is 5.40. The van der Waals surface area contributed by atoms with Gasteiger partial charge in [0.05, 0.1) is 11.4 Å². The predicted octanol–water partition coefficient (Wildman–Crippen LogP) is 2.85. The largest absolute Gasteiger partial charge is 0.359 e. The van der Waals surface area contributed by atoms with E-state index >= 15 is 0 Å². The Bertz CT molecular complexity index is 686. The average molecular weight is 326 g/mol. The molecule has 1 aromatic carbocycles. The van der Waals surface area contributed by atoms with Gasteiger partial charge >= 0.3 is 0 Å². The van der Waals surface area contributed by atoms with Crippen LogP contribution in [0.25, 0.3) is 0 Å². The van der Waals surface area contributed by atoms with Gasteiger partial charge in [0.1, 0.15) is 0 Å². The van der Waals surface area contributed by atoms with Crippen LogP contribution in [0.5, 0.6) is 0 Å². The summed E-state index contributed by atoms with van der Waals surface area (Å²) in [6, 6.07) is 11.7. The Morgan fingerprint density at radius 1 is 1.33 bits per heavy atom. The highest BCUT2D eigenvalue weighted by Gasteiger charge is 2.07. The van der Waals surface area contributed by atoms with Crippen molar-refractivity contribution < 1.29 is 4.79 Å². The number of nitrogens with two attached hydrogens (primary N) is 1. The lowest BCUT2D eigenvalue weighted by Crippen LogP contribution is -2.11. The molecule has 0 saturated carbocycles. The van der Waals surface area contributed by atoms with Crippen LogP contribution in [0.2, 0.25) is 0 Å². The molecule has 0 saturated heterocycles. The third-order valence-electron chi connectivity index (χ3n) is 3.37. The highest BCUT2D eigenvalue weighted by molar-refractivity contribution is 5.97. The van der Waals surface area contributed by atoms with Crippen LogP contribution in [-0.2, 0) is 6.42 Å². The van der Waals surface area contributed by atoms with Crippen molar-refractivity contribution in [3.8, 4) is 0 Å². The van der Waals surface area contributed by atoms with Crippen LogP contribution < -0.4 is 11.2 Å². The van der Waals surface area contributed by atoms with Gasteiger partial charge in [-0.05, 0) is 36.6 Å². The van der Waals surface area contributed by atoms with Gasteiger partial charge in [0, 0.05) is 26.2 Å². The highest BCUT2D eigenvalue weighted by Crippen LogP contribution is 2.07. The lowest BCUT2D eigenvalue weighted by Gasteiger charge is -1.98. The van der Waals surface area contributed by atoms with Gasteiger partial charge in [-0.3, -0.25) is 4.79 Å². The van der Waals surface area contributed by atoms with Gasteiger partial charge in [0.2, 0.25) is 0 Å². The molecule has 0 amide bonds. The van der Waals surface area contributed by atoms with Gasteiger partial charge < -0.3 is 16.1 Å². The maximum atomic E-state index is 11.8. The predicted molar refractivity (Wildman–Crippen MR) is 100 cm³/mol. The number of H-pyrrole nitrogens is 1. The van der Waals surface area contributed by atoms with Gasteiger partial charge in [-0.15, -0.1) is 0 Å². The summed E-state index contributed by atoms with van der Waals surface area (Å²) in [5.74, 6) is 0.134. The molecule has 0 unspecified atom stereocenters. The Hall–Kier alpha value is -2.66. The fraction of sp³-hybridized carbons (Fsp3) is 0.263. The standard InChI is InChI=1S/C13H13NO.C6H13N3/c1-10-7-12(14-9-10)13(15)8-11-5-3-2-4-6-11;1-5(4-7)6(2)9-8-3/h2-7,9,14H,8H2,1H3;8H,1,4,7H2,2-3H3/b;9-6-. The number of aryl methyl sites for hydroxylation is 1. The van der Waals surface area contributed by atoms with Crippen LogP contribution in [0.3, 0.4) is 0 Å². The molecule has 128 valence electrons. The lowest BCUT2D eigenvalue weighted by atomic mass is 10.1. The number of rotatable bonds is 6. The van der Waals surface area contributed by atoms with E-state index in [9.17, 15) is 4.79 Å². The molecule has 0 bridgehead atoms. The molecular weight excluding hydrogens is 300 g/mol. The Balaban J connectivity index is 0.000000277. The average Bonchev–Trinajstić information content (AvgIpc) is 3.02. The first-order valence-electron chi connectivity index (χ1n) is 7.79. The van der Waals surface area contributed by atoms with Gasteiger partial charge in [0.25, 0.3) is 0 Å². The van der Waals surface area contributed by atoms with E-state index in [4.69, 9.17) is 5.73 Å². The first-order valence-corrected chi connectivity index (χ1v) is 7.79. The van der Waals surface area contributed by atoms with Gasteiger partial charge in [-0.1, -0.05) is 36.9 Å². The molecule has 2 aromatic rings. The topological polar surface area (TPSA) is 83.3 Å². The number of carbonyl (C=O) groups excluding carboxylic acids is 1. The number of hydrogen-bond acceptors (Lipinski definition) is 4. The number of aromatic nitrogens is 1. The minimum atomic E-state index is 0.134. The first kappa shape index (κ1) is 19.4. The van der Waals surface area contributed by atoms with Crippen molar-refractivity contribution in [3.05, 3.63) is 71.6 Å². The van der Waals surface area contributed by atoms with E-state index in [2.05, 4.69) is 22.1 Å². The zero-order chi connectivity index (χ0) is 17.9. The number of Topliss-reactive ketones (excluding diaryl/α,β-unsaturated/α-hetero) is 1. The molecule has 0 aliphatic rings. The Morgan fingerprint density at radius 3 is 2.50 bits per heavy atom. The summed E-state index contributed by atoms with van der Waals surface area (Å²) in [7, 11) is 1.74. The zero-order valence-electron chi connectivity index (χ0n) is 14.6. The van der Waals surface area contributed by atoms with Crippen LogP contribution >= 0.6 is 0 Å². The van der Waals surface area contributed by atoms with Crippen molar-refractivity contribution in [1.82, 2.24) is 10.4 Å². The highest BCUT2D eigenvalue weighted by atomic mass is 16.1. The maximum Gasteiger partial charge on any atom is 0.183 e. The van der Waals surface area contributed by atoms with E-state index in [1.54, 1.807) is 7.05 Å². The van der Waals surface area contributed by atoms with Crippen molar-refractivity contribution in [3.63, 3.8) is 0 Å². The van der Waals surface area contributed by atoms with E-state index < -0.39 is 0 Å². The van der Waals surface area contributed by atoms with Crippen molar-refractivity contribution in [2.75, 3.05) is 13.6 Å². The van der Waals surface area contributed by atoms with Gasteiger partial charge in [0.15, 0.2) is 5.78 Å². The molecule has 0 atom stereocenters. The van der Waals surface area contributed by atoms with Crippen LogP contribution in [0.1, 0.15) is 28.5 Å². The summed E-state index contributed by atoms with van der Waals surface area (Å²) < 4.78 is 0. The summed E-state index contributed by atoms with van der Waals surface area (Å²) in [5.41, 5.74) is 12.5. The fourth-order valence-corrected chi connectivity index (χ4v) is 1.93. The van der Waals surface area contributed by atoms with E-state index in [1.807, 2.05) is 56.4 Å². The molecule has 2 rings (SSSR count). The van der Waals surface area contributed by atoms with Crippen molar-refractivity contribution in [2.45, 2.75) is 20.3 Å². The number of benzene rings is 1. The molecule has 0 spiro atoms. The quantitative estimate of drug-likeness (QED) is 0.433. The van der Waals surface area contributed by atoms with E-state index in [-0.39, 0.29) is 5.78 Å². The van der Waals surface area contributed by atoms with Crippen molar-refractivity contribution in [2.24, 2.45) is 10.8 Å². The molecule has 0 aliphatic carbocycles. The number of ketones is 1. The molecule has 0 fully saturated rings. The summed E-state index contributed by atoms with van der Waals surface area (Å²) in [6.07, 6.45) is 2.30. The molecule has 5 heteroatoms. The summed E-state index contributed by atoms with van der Waals surface area (Å²) >= 11 is 0. The summed E-state index contributed by atoms with van der Waals surface area (Å²) in [6.45, 7) is 8.00. The SMILES string of the molecule is C=C(CN)/C(C)=N\NC.Cc1c[nH]c(C(=O)Cc2ccccc2)c1. The Labute approximate surface area is 143 Å². The van der Waals surface area contributed by atoms with Gasteiger partial charge in [-0.2, -0.15) is 5.10 Å². The molecular formula is C19H26N4O. The number of hydrogen-bond donors (Lipinski definition) is 3. The number of carbonyl (C=O) groups is 1. The van der Waals surface area contributed by atoms with Crippen molar-refractivity contribution in [1.29, 1.82) is 0 Å². The van der Waals surface area contributed by atoms with E-state index in [0.29, 0.717) is 18.7 Å². The first-order chi connectivity index (χ1) is 11.5. The molecule has 5 nitrogen and oxygen atoms in total. The second kappa shape index (κ2) is 10.2. The van der Waals surface area contributed by atoms with E-state index in [0.717, 1.165) is 22.4 Å². The minimum Gasteiger partial charge on any atom is -0.359 e. The molecule has 1 aromatic heterocycles. The smallest absolute Gasteiger partial charge is 0.183 e. The molecule has 0 aliphatic heterocycles. The zero-order valence-corrected chi connectivity index (χ0v) is 14.6. The Kier molecular flexibility index (Phi) is 8.22. The third-order valence-corrected chi connectivity index (χ3v) is 3.37. The molecule has 4 N–H and O–H groups in total. The molecule has 1 heterocycles. The molecule has 0 radical (unpaired) electrons. The summed E-state index contributed by atoms with van der Waals surface area (Å²) in [5, 5.41) is 3.88. The van der Waals surface area contributed by atoms with Gasteiger partial charge in [-0.25, -0.2) is 0 Å². The Morgan fingerprint density at radius 2 is 2.00 bits per heavy atom. The fourth-order valence-electron chi connectivity index (χ4n) is 1.93. The number of aromatic amines is 1. The third kappa shape index (κ3) is 6.62. The van der Waals surface area contributed by atoms with Crippen LogP contribution in [-0.4, -0.2) is 30.1 Å². The molecule has 24 heavy (non-hydrogen) atoms. The monoisotopic (exact) mass is 326 g/mol. The number of nitrogens with one attached hydrogen (secondary N) is 2. The van der Waals surface area contributed by atoms with Crippen LogP contribution in [0, 0.1) is 6.92 Å². The minimum absolute atomic E-state index is 0.134. The number of nitrogens with zero attached hydrogens (tertiary/aromatic N) is 1. The maximum absolute atomic E-state index is 11.8. The normalized spacial score (nSPS) is 10.6. The van der Waals surface area contributed by atoms with E-state index in [1.165, 1.54) is 0 Å². The summed E-state index contributed by atoms with van der Waals surface area (Å²) in [4.78, 5) is 14.8. The van der Waals surface area contributed by atoms with Crippen LogP contribution in [0.4, 0.5) is 0 Å². The second-order valence-corrected chi connectivity index (χ2v) is 5.40. The number of hydrazone groups is 1. The lowest BCUT2D eigenvalue weighted by molar-refractivity contribution is 0.0989. The van der Waals surface area contributed by atoms with Crippen molar-refractivity contribution >= 4 is 11.5 Å².